The Labute approximate surface area is 128 Å². The zero-order valence-corrected chi connectivity index (χ0v) is 12.1. The van der Waals surface area contributed by atoms with Crippen molar-refractivity contribution in [1.82, 2.24) is 0 Å². The topological polar surface area (TPSA) is 93.1 Å². The van der Waals surface area contributed by atoms with E-state index in [4.69, 9.17) is 9.47 Å². The van der Waals surface area contributed by atoms with E-state index < -0.39 is 30.1 Å². The van der Waals surface area contributed by atoms with E-state index in [9.17, 15) is 19.8 Å². The second-order valence-electron chi connectivity index (χ2n) is 5.03. The van der Waals surface area contributed by atoms with Gasteiger partial charge in [-0.1, -0.05) is 30.3 Å². The molecule has 1 aliphatic rings. The number of esters is 1. The molecule has 0 saturated heterocycles. The van der Waals surface area contributed by atoms with Crippen molar-refractivity contribution in [3.05, 3.63) is 47.5 Å². The standard InChI is InChI=1S/C16H18O6/c1-10(17)21-9-12-7-13(15(19)16(20)14(12)18)22-8-11-5-3-2-4-6-11/h2-7,13,15-16,19-20H,8-9H2,1H3/t13-,15+,16+/m1/s1. The van der Waals surface area contributed by atoms with Gasteiger partial charge in [0.25, 0.3) is 0 Å². The number of hydrogen-bond acceptors (Lipinski definition) is 6. The van der Waals surface area contributed by atoms with Crippen LogP contribution in [0.1, 0.15) is 12.5 Å². The van der Waals surface area contributed by atoms with E-state index >= 15 is 0 Å². The summed E-state index contributed by atoms with van der Waals surface area (Å²) < 4.78 is 10.3. The summed E-state index contributed by atoms with van der Waals surface area (Å²) in [5, 5.41) is 19.7. The van der Waals surface area contributed by atoms with Gasteiger partial charge in [-0.15, -0.1) is 0 Å². The summed E-state index contributed by atoms with van der Waals surface area (Å²) in [5.41, 5.74) is 1.02. The number of aliphatic hydroxyl groups is 2. The van der Waals surface area contributed by atoms with Crippen molar-refractivity contribution in [2.45, 2.75) is 31.8 Å². The van der Waals surface area contributed by atoms with E-state index in [1.165, 1.54) is 13.0 Å². The van der Waals surface area contributed by atoms with Crippen LogP contribution in [0, 0.1) is 0 Å². The fraction of sp³-hybridized carbons (Fsp3) is 0.375. The fourth-order valence-corrected chi connectivity index (χ4v) is 2.12. The molecule has 3 atom stereocenters. The molecule has 1 aliphatic carbocycles. The Hall–Kier alpha value is -2.02. The molecule has 0 fully saturated rings. The summed E-state index contributed by atoms with van der Waals surface area (Å²) in [6, 6.07) is 9.31. The first kappa shape index (κ1) is 16.4. The molecule has 0 unspecified atom stereocenters. The number of benzene rings is 1. The summed E-state index contributed by atoms with van der Waals surface area (Å²) in [6.45, 7) is 1.20. The molecule has 0 heterocycles. The highest BCUT2D eigenvalue weighted by Gasteiger charge is 2.37. The highest BCUT2D eigenvalue weighted by molar-refractivity contribution is 6.00. The quantitative estimate of drug-likeness (QED) is 0.763. The molecule has 1 aromatic carbocycles. The third-order valence-electron chi connectivity index (χ3n) is 3.33. The van der Waals surface area contributed by atoms with E-state index in [0.29, 0.717) is 0 Å². The molecule has 2 rings (SSSR count). The lowest BCUT2D eigenvalue weighted by atomic mass is 9.91. The molecule has 6 nitrogen and oxygen atoms in total. The van der Waals surface area contributed by atoms with Gasteiger partial charge in [0.05, 0.1) is 6.61 Å². The van der Waals surface area contributed by atoms with Crippen LogP contribution in [-0.2, 0) is 25.7 Å². The van der Waals surface area contributed by atoms with Gasteiger partial charge in [-0.2, -0.15) is 0 Å². The van der Waals surface area contributed by atoms with E-state index in [2.05, 4.69) is 0 Å². The number of rotatable bonds is 5. The van der Waals surface area contributed by atoms with Crippen molar-refractivity contribution in [1.29, 1.82) is 0 Å². The monoisotopic (exact) mass is 306 g/mol. The molecule has 22 heavy (non-hydrogen) atoms. The van der Waals surface area contributed by atoms with Gasteiger partial charge in [-0.05, 0) is 11.6 Å². The number of hydrogen-bond donors (Lipinski definition) is 2. The summed E-state index contributed by atoms with van der Waals surface area (Å²) in [6.07, 6.45) is -2.39. The van der Waals surface area contributed by atoms with Crippen molar-refractivity contribution >= 4 is 11.8 Å². The summed E-state index contributed by atoms with van der Waals surface area (Å²) in [7, 11) is 0. The van der Waals surface area contributed by atoms with Crippen LogP contribution < -0.4 is 0 Å². The second kappa shape index (κ2) is 7.31. The molecule has 0 radical (unpaired) electrons. The first-order valence-corrected chi connectivity index (χ1v) is 6.89. The minimum atomic E-state index is -1.59. The normalized spacial score (nSPS) is 24.8. The van der Waals surface area contributed by atoms with Gasteiger partial charge in [0.2, 0.25) is 0 Å². The smallest absolute Gasteiger partial charge is 0.302 e. The summed E-state index contributed by atoms with van der Waals surface area (Å²) in [4.78, 5) is 22.7. The maximum absolute atomic E-state index is 11.8. The minimum Gasteiger partial charge on any atom is -0.461 e. The SMILES string of the molecule is CC(=O)OCC1=C[C@@H](OCc2ccccc2)[C@H](O)[C@@H](O)C1=O. The van der Waals surface area contributed by atoms with E-state index in [1.807, 2.05) is 30.3 Å². The first-order chi connectivity index (χ1) is 10.5. The third kappa shape index (κ3) is 4.00. The number of carbonyl (C=O) groups excluding carboxylic acids is 2. The van der Waals surface area contributed by atoms with Crippen LogP contribution in [0.2, 0.25) is 0 Å². The molecular formula is C16H18O6. The molecule has 1 aromatic rings. The van der Waals surface area contributed by atoms with Gasteiger partial charge in [-0.3, -0.25) is 9.59 Å². The van der Waals surface area contributed by atoms with Crippen molar-refractivity contribution in [2.24, 2.45) is 0 Å². The van der Waals surface area contributed by atoms with Crippen molar-refractivity contribution < 1.29 is 29.3 Å². The van der Waals surface area contributed by atoms with Crippen LogP contribution in [0.3, 0.4) is 0 Å². The van der Waals surface area contributed by atoms with Gasteiger partial charge in [0.1, 0.15) is 24.9 Å². The molecule has 118 valence electrons. The van der Waals surface area contributed by atoms with Gasteiger partial charge in [-0.25, -0.2) is 0 Å². The average Bonchev–Trinajstić information content (AvgIpc) is 2.52. The van der Waals surface area contributed by atoms with Crippen LogP contribution >= 0.6 is 0 Å². The average molecular weight is 306 g/mol. The molecule has 0 aromatic heterocycles. The predicted molar refractivity (Wildman–Crippen MR) is 76.8 cm³/mol. The Morgan fingerprint density at radius 1 is 1.18 bits per heavy atom. The van der Waals surface area contributed by atoms with Gasteiger partial charge in [0.15, 0.2) is 5.78 Å². The Morgan fingerprint density at radius 2 is 1.86 bits per heavy atom. The Morgan fingerprint density at radius 3 is 2.50 bits per heavy atom. The lowest BCUT2D eigenvalue weighted by molar-refractivity contribution is -0.143. The zero-order valence-electron chi connectivity index (χ0n) is 12.1. The Kier molecular flexibility index (Phi) is 5.43. The molecule has 0 amide bonds. The molecule has 0 spiro atoms. The van der Waals surface area contributed by atoms with Crippen molar-refractivity contribution in [3.63, 3.8) is 0 Å². The lowest BCUT2D eigenvalue weighted by Gasteiger charge is -2.29. The molecule has 0 bridgehead atoms. The molecule has 0 aliphatic heterocycles. The lowest BCUT2D eigenvalue weighted by Crippen LogP contribution is -2.47. The molecular weight excluding hydrogens is 288 g/mol. The van der Waals surface area contributed by atoms with Crippen molar-refractivity contribution in [2.75, 3.05) is 6.61 Å². The maximum Gasteiger partial charge on any atom is 0.302 e. The number of carbonyl (C=O) groups is 2. The summed E-state index contributed by atoms with van der Waals surface area (Å²) in [5.74, 6) is -1.19. The first-order valence-electron chi connectivity index (χ1n) is 6.89. The number of Topliss-reactive ketones (excluding diaryl/α,β-unsaturated/α-hetero) is 1. The van der Waals surface area contributed by atoms with E-state index in [-0.39, 0.29) is 18.8 Å². The Bertz CT molecular complexity index is 565. The number of ketones is 1. The minimum absolute atomic E-state index is 0.117. The highest BCUT2D eigenvalue weighted by atomic mass is 16.5. The van der Waals surface area contributed by atoms with Crippen LogP contribution in [0.25, 0.3) is 0 Å². The second-order valence-corrected chi connectivity index (χ2v) is 5.03. The number of ether oxygens (including phenoxy) is 2. The van der Waals surface area contributed by atoms with Gasteiger partial charge >= 0.3 is 5.97 Å². The van der Waals surface area contributed by atoms with Gasteiger partial charge < -0.3 is 19.7 Å². The largest absolute Gasteiger partial charge is 0.461 e. The van der Waals surface area contributed by atoms with E-state index in [0.717, 1.165) is 5.56 Å². The van der Waals surface area contributed by atoms with Crippen LogP contribution in [0.4, 0.5) is 0 Å². The fourth-order valence-electron chi connectivity index (χ4n) is 2.12. The van der Waals surface area contributed by atoms with Gasteiger partial charge in [0, 0.05) is 12.5 Å². The van der Waals surface area contributed by atoms with Crippen LogP contribution in [0.15, 0.2) is 42.0 Å². The zero-order chi connectivity index (χ0) is 16.1. The third-order valence-corrected chi connectivity index (χ3v) is 3.33. The van der Waals surface area contributed by atoms with Crippen molar-refractivity contribution in [3.8, 4) is 0 Å². The number of aliphatic hydroxyl groups excluding tert-OH is 2. The molecule has 2 N–H and O–H groups in total. The molecule has 6 heteroatoms. The molecule has 0 saturated carbocycles. The van der Waals surface area contributed by atoms with Crippen LogP contribution in [0.5, 0.6) is 0 Å². The highest BCUT2D eigenvalue weighted by Crippen LogP contribution is 2.20. The maximum atomic E-state index is 11.8. The summed E-state index contributed by atoms with van der Waals surface area (Å²) >= 11 is 0. The Balaban J connectivity index is 2.07. The van der Waals surface area contributed by atoms with E-state index in [1.54, 1.807) is 0 Å². The predicted octanol–water partition coefficient (Wildman–Crippen LogP) is 0.366. The van der Waals surface area contributed by atoms with Crippen LogP contribution in [-0.4, -0.2) is 46.9 Å².